The number of carboxylic acids is 1. The summed E-state index contributed by atoms with van der Waals surface area (Å²) in [5.74, 6) is -1.75. The lowest BCUT2D eigenvalue weighted by Crippen LogP contribution is -2.23. The predicted molar refractivity (Wildman–Crippen MR) is 60.8 cm³/mol. The molecule has 0 aromatic carbocycles. The number of nitrogens with zero attached hydrogens (tertiary/aromatic N) is 1. The number of methoxy groups -OCH3 is 1. The number of carbonyl (C=O) groups excluding carboxylic acids is 1. The monoisotopic (exact) mass is 240 g/mol. The van der Waals surface area contributed by atoms with Crippen molar-refractivity contribution < 1.29 is 19.4 Å². The third-order valence-electron chi connectivity index (χ3n) is 2.99. The van der Waals surface area contributed by atoms with E-state index in [-0.39, 0.29) is 5.56 Å². The molecule has 1 aromatic heterocycles. The SMILES string of the molecule is COC(=O)c1c(C(N)C(=O)O)c(C)n(C)c1C. The summed E-state index contributed by atoms with van der Waals surface area (Å²) >= 11 is 0. The second-order valence-corrected chi connectivity index (χ2v) is 3.83. The molecular weight excluding hydrogens is 224 g/mol. The Morgan fingerprint density at radius 3 is 2.29 bits per heavy atom. The molecule has 6 heteroatoms. The van der Waals surface area contributed by atoms with Crippen LogP contribution in [0.15, 0.2) is 0 Å². The third-order valence-corrected chi connectivity index (χ3v) is 2.99. The van der Waals surface area contributed by atoms with Crippen LogP contribution in [-0.2, 0) is 16.6 Å². The molecule has 0 aliphatic carbocycles. The Bertz CT molecular complexity index is 476. The molecule has 1 unspecified atom stereocenters. The van der Waals surface area contributed by atoms with Crippen LogP contribution in [0.25, 0.3) is 0 Å². The highest BCUT2D eigenvalue weighted by atomic mass is 16.5. The van der Waals surface area contributed by atoms with E-state index in [9.17, 15) is 9.59 Å². The zero-order valence-electron chi connectivity index (χ0n) is 10.3. The van der Waals surface area contributed by atoms with Crippen LogP contribution in [-0.4, -0.2) is 28.7 Å². The van der Waals surface area contributed by atoms with E-state index in [0.29, 0.717) is 17.0 Å². The molecule has 0 spiro atoms. The molecule has 1 rings (SSSR count). The van der Waals surface area contributed by atoms with Crippen LogP contribution in [0.3, 0.4) is 0 Å². The van der Waals surface area contributed by atoms with Crippen LogP contribution in [0.1, 0.15) is 33.4 Å². The minimum atomic E-state index is -1.23. The minimum absolute atomic E-state index is 0.238. The van der Waals surface area contributed by atoms with Gasteiger partial charge in [0.25, 0.3) is 0 Å². The van der Waals surface area contributed by atoms with Crippen LogP contribution >= 0.6 is 0 Å². The lowest BCUT2D eigenvalue weighted by molar-refractivity contribution is -0.138. The highest BCUT2D eigenvalue weighted by Gasteiger charge is 2.29. The predicted octanol–water partition coefficient (Wildman–Crippen LogP) is 0.513. The van der Waals surface area contributed by atoms with Gasteiger partial charge in [-0.1, -0.05) is 0 Å². The number of aromatic nitrogens is 1. The number of aliphatic carboxylic acids is 1. The van der Waals surface area contributed by atoms with Gasteiger partial charge in [0.05, 0.1) is 12.7 Å². The molecule has 1 heterocycles. The largest absolute Gasteiger partial charge is 0.480 e. The number of esters is 1. The first kappa shape index (κ1) is 13.2. The Kier molecular flexibility index (Phi) is 3.57. The molecule has 0 amide bonds. The van der Waals surface area contributed by atoms with Gasteiger partial charge in [-0.3, -0.25) is 4.79 Å². The van der Waals surface area contributed by atoms with Gasteiger partial charge in [-0.25, -0.2) is 4.79 Å². The molecule has 0 fully saturated rings. The Morgan fingerprint density at radius 1 is 1.35 bits per heavy atom. The molecule has 0 aliphatic rings. The van der Waals surface area contributed by atoms with Crippen molar-refractivity contribution in [1.82, 2.24) is 4.57 Å². The number of hydrogen-bond donors (Lipinski definition) is 2. The molecule has 0 saturated carbocycles. The zero-order valence-corrected chi connectivity index (χ0v) is 10.3. The quantitative estimate of drug-likeness (QED) is 0.751. The first-order valence-corrected chi connectivity index (χ1v) is 5.05. The van der Waals surface area contributed by atoms with Gasteiger partial charge in [-0.2, -0.15) is 0 Å². The second kappa shape index (κ2) is 4.58. The molecule has 1 aromatic rings. The number of carboxylic acid groups (broad SMARTS) is 1. The van der Waals surface area contributed by atoms with Crippen LogP contribution in [0.4, 0.5) is 0 Å². The lowest BCUT2D eigenvalue weighted by Gasteiger charge is -2.09. The third kappa shape index (κ3) is 2.03. The molecule has 0 radical (unpaired) electrons. The van der Waals surface area contributed by atoms with Crippen LogP contribution in [0.5, 0.6) is 0 Å². The van der Waals surface area contributed by atoms with E-state index in [2.05, 4.69) is 4.74 Å². The number of hydrogen-bond acceptors (Lipinski definition) is 4. The van der Waals surface area contributed by atoms with Gasteiger partial charge < -0.3 is 20.1 Å². The molecule has 0 saturated heterocycles. The Hall–Kier alpha value is -1.82. The van der Waals surface area contributed by atoms with Gasteiger partial charge in [0.2, 0.25) is 0 Å². The van der Waals surface area contributed by atoms with Crippen molar-refractivity contribution in [2.24, 2.45) is 12.8 Å². The summed E-state index contributed by atoms with van der Waals surface area (Å²) in [7, 11) is 3.00. The maximum atomic E-state index is 11.7. The van der Waals surface area contributed by atoms with Gasteiger partial charge in [0.1, 0.15) is 6.04 Å². The van der Waals surface area contributed by atoms with E-state index in [1.54, 1.807) is 25.5 Å². The van der Waals surface area contributed by atoms with E-state index in [4.69, 9.17) is 10.8 Å². The highest BCUT2D eigenvalue weighted by Crippen LogP contribution is 2.27. The number of nitrogens with two attached hydrogens (primary N) is 1. The van der Waals surface area contributed by atoms with Gasteiger partial charge in [-0.15, -0.1) is 0 Å². The fourth-order valence-corrected chi connectivity index (χ4v) is 1.84. The molecule has 0 aliphatic heterocycles. The molecule has 1 atom stereocenters. The Balaban J connectivity index is 3.52. The Morgan fingerprint density at radius 2 is 1.88 bits per heavy atom. The van der Waals surface area contributed by atoms with E-state index in [1.165, 1.54) is 7.11 Å². The van der Waals surface area contributed by atoms with Crippen molar-refractivity contribution in [3.05, 3.63) is 22.5 Å². The zero-order chi connectivity index (χ0) is 13.3. The summed E-state index contributed by atoms with van der Waals surface area (Å²) in [6.07, 6.45) is 0. The number of ether oxygens (including phenoxy) is 1. The van der Waals surface area contributed by atoms with Crippen LogP contribution in [0, 0.1) is 13.8 Å². The van der Waals surface area contributed by atoms with Crippen molar-refractivity contribution >= 4 is 11.9 Å². The lowest BCUT2D eigenvalue weighted by atomic mass is 10.0. The average Bonchev–Trinajstić information content (AvgIpc) is 2.51. The normalized spacial score (nSPS) is 12.3. The van der Waals surface area contributed by atoms with Gasteiger partial charge in [0.15, 0.2) is 0 Å². The summed E-state index contributed by atoms with van der Waals surface area (Å²) < 4.78 is 6.38. The fourth-order valence-electron chi connectivity index (χ4n) is 1.84. The summed E-state index contributed by atoms with van der Waals surface area (Å²) in [4.78, 5) is 22.6. The van der Waals surface area contributed by atoms with Gasteiger partial charge in [-0.05, 0) is 13.8 Å². The minimum Gasteiger partial charge on any atom is -0.480 e. The molecule has 94 valence electrons. The molecule has 3 N–H and O–H groups in total. The summed E-state index contributed by atoms with van der Waals surface area (Å²) in [5.41, 5.74) is 7.43. The van der Waals surface area contributed by atoms with Crippen molar-refractivity contribution in [3.63, 3.8) is 0 Å². The van der Waals surface area contributed by atoms with Crippen LogP contribution < -0.4 is 5.73 Å². The maximum absolute atomic E-state index is 11.7. The summed E-state index contributed by atoms with van der Waals surface area (Å²) in [5, 5.41) is 8.95. The highest BCUT2D eigenvalue weighted by molar-refractivity contribution is 5.95. The molecule has 17 heavy (non-hydrogen) atoms. The van der Waals surface area contributed by atoms with Crippen molar-refractivity contribution in [1.29, 1.82) is 0 Å². The second-order valence-electron chi connectivity index (χ2n) is 3.83. The Labute approximate surface area is 99.0 Å². The van der Waals surface area contributed by atoms with Gasteiger partial charge >= 0.3 is 11.9 Å². The summed E-state index contributed by atoms with van der Waals surface area (Å²) in [6.45, 7) is 3.44. The first-order chi connectivity index (χ1) is 7.82. The van der Waals surface area contributed by atoms with E-state index >= 15 is 0 Å². The van der Waals surface area contributed by atoms with Crippen molar-refractivity contribution in [2.75, 3.05) is 7.11 Å². The smallest absolute Gasteiger partial charge is 0.340 e. The van der Waals surface area contributed by atoms with E-state index in [0.717, 1.165) is 0 Å². The first-order valence-electron chi connectivity index (χ1n) is 5.05. The molecule has 0 bridgehead atoms. The maximum Gasteiger partial charge on any atom is 0.340 e. The standard InChI is InChI=1S/C11H16N2O4/c1-5-7(9(12)10(14)15)8(11(16)17-4)6(2)13(5)3/h9H,12H2,1-4H3,(H,14,15). The average molecular weight is 240 g/mol. The van der Waals surface area contributed by atoms with Crippen molar-refractivity contribution in [2.45, 2.75) is 19.9 Å². The van der Waals surface area contributed by atoms with E-state index < -0.39 is 18.0 Å². The molecular formula is C11H16N2O4. The molecule has 6 nitrogen and oxygen atoms in total. The summed E-state index contributed by atoms with van der Waals surface area (Å²) in [6, 6.07) is -1.23. The number of rotatable bonds is 3. The number of carbonyl (C=O) groups is 2. The van der Waals surface area contributed by atoms with Crippen LogP contribution in [0.2, 0.25) is 0 Å². The van der Waals surface area contributed by atoms with E-state index in [1.807, 2.05) is 0 Å². The topological polar surface area (TPSA) is 94.6 Å². The van der Waals surface area contributed by atoms with Crippen molar-refractivity contribution in [3.8, 4) is 0 Å². The fraction of sp³-hybridized carbons (Fsp3) is 0.455. The van der Waals surface area contributed by atoms with Gasteiger partial charge in [0, 0.05) is 24.0 Å².